The summed E-state index contributed by atoms with van der Waals surface area (Å²) >= 11 is 0. The molecular weight excluding hydrogens is 238 g/mol. The number of nitrogens with one attached hydrogen (secondary N) is 2. The summed E-state index contributed by atoms with van der Waals surface area (Å²) < 4.78 is 1.95. The van der Waals surface area contributed by atoms with E-state index >= 15 is 0 Å². The summed E-state index contributed by atoms with van der Waals surface area (Å²) in [5, 5.41) is 6.42. The highest BCUT2D eigenvalue weighted by molar-refractivity contribution is 5.76. The zero-order valence-corrected chi connectivity index (χ0v) is 12.6. The number of hydrogen-bond acceptors (Lipinski definition) is 2. The largest absolute Gasteiger partial charge is 0.352 e. The Kier molecular flexibility index (Phi) is 6.64. The molecule has 0 aliphatic rings. The molecule has 0 aromatic carbocycles. The van der Waals surface area contributed by atoms with Crippen molar-refractivity contribution in [2.24, 2.45) is 0 Å². The molecule has 2 N–H and O–H groups in total. The van der Waals surface area contributed by atoms with Gasteiger partial charge in [-0.15, -0.1) is 0 Å². The van der Waals surface area contributed by atoms with E-state index < -0.39 is 0 Å². The number of aromatic nitrogens is 1. The number of hydrogen-bond donors (Lipinski definition) is 2. The average Bonchev–Trinajstić information content (AvgIpc) is 2.83. The van der Waals surface area contributed by atoms with Crippen LogP contribution in [0, 0.1) is 0 Å². The van der Waals surface area contributed by atoms with Crippen LogP contribution in [-0.4, -0.2) is 23.1 Å². The first-order valence-electron chi connectivity index (χ1n) is 7.29. The smallest absolute Gasteiger partial charge is 0.240 e. The minimum absolute atomic E-state index is 0.0769. The van der Waals surface area contributed by atoms with Gasteiger partial charge in [-0.05, 0) is 37.9 Å². The summed E-state index contributed by atoms with van der Waals surface area (Å²) in [4.78, 5) is 11.8. The van der Waals surface area contributed by atoms with Gasteiger partial charge in [0.1, 0.15) is 6.54 Å². The molecule has 0 saturated heterocycles. The average molecular weight is 265 g/mol. The number of carbonyl (C=O) groups excluding carboxylic acids is 1. The molecule has 4 nitrogen and oxygen atoms in total. The lowest BCUT2D eigenvalue weighted by Gasteiger charge is -2.14. The third-order valence-corrected chi connectivity index (χ3v) is 3.38. The molecule has 1 heterocycles. The molecule has 2 unspecified atom stereocenters. The van der Waals surface area contributed by atoms with E-state index in [2.05, 4.69) is 43.7 Å². The number of rotatable bonds is 8. The van der Waals surface area contributed by atoms with Crippen molar-refractivity contribution in [2.75, 3.05) is 6.54 Å². The van der Waals surface area contributed by atoms with Gasteiger partial charge in [0.05, 0.1) is 0 Å². The van der Waals surface area contributed by atoms with E-state index in [1.165, 1.54) is 5.56 Å². The summed E-state index contributed by atoms with van der Waals surface area (Å²) in [6, 6.07) is 2.71. The Labute approximate surface area is 116 Å². The minimum Gasteiger partial charge on any atom is -0.352 e. The lowest BCUT2D eigenvalue weighted by Crippen LogP contribution is -2.34. The van der Waals surface area contributed by atoms with Gasteiger partial charge in [-0.25, -0.2) is 0 Å². The molecule has 0 radical (unpaired) electrons. The molecule has 2 atom stereocenters. The van der Waals surface area contributed by atoms with E-state index in [0.717, 1.165) is 19.4 Å². The quantitative estimate of drug-likeness (QED) is 0.758. The van der Waals surface area contributed by atoms with E-state index in [-0.39, 0.29) is 11.9 Å². The molecule has 0 bridgehead atoms. The van der Waals surface area contributed by atoms with E-state index in [1.54, 1.807) is 0 Å². The van der Waals surface area contributed by atoms with Gasteiger partial charge in [0.25, 0.3) is 0 Å². The summed E-state index contributed by atoms with van der Waals surface area (Å²) in [5.74, 6) is 0.0769. The molecule has 1 aromatic rings. The lowest BCUT2D eigenvalue weighted by molar-refractivity contribution is -0.122. The van der Waals surface area contributed by atoms with Crippen molar-refractivity contribution in [3.8, 4) is 0 Å². The van der Waals surface area contributed by atoms with Gasteiger partial charge in [-0.1, -0.05) is 20.8 Å². The van der Waals surface area contributed by atoms with Crippen molar-refractivity contribution >= 4 is 5.91 Å². The van der Waals surface area contributed by atoms with Crippen LogP contribution in [0.4, 0.5) is 0 Å². The van der Waals surface area contributed by atoms with Crippen LogP contribution in [0.15, 0.2) is 18.5 Å². The van der Waals surface area contributed by atoms with Crippen LogP contribution in [0.3, 0.4) is 0 Å². The number of nitrogens with zero attached hydrogens (tertiary/aromatic N) is 1. The second kappa shape index (κ2) is 8.00. The fraction of sp³-hybridized carbons (Fsp3) is 0.667. The van der Waals surface area contributed by atoms with Crippen molar-refractivity contribution in [1.29, 1.82) is 0 Å². The number of amides is 1. The van der Waals surface area contributed by atoms with Crippen molar-refractivity contribution < 1.29 is 4.79 Å². The highest BCUT2D eigenvalue weighted by Gasteiger charge is 2.11. The van der Waals surface area contributed by atoms with Gasteiger partial charge in [-0.3, -0.25) is 4.79 Å². The van der Waals surface area contributed by atoms with E-state index in [4.69, 9.17) is 0 Å². The van der Waals surface area contributed by atoms with Crippen LogP contribution in [-0.2, 0) is 11.3 Å². The van der Waals surface area contributed by atoms with Crippen LogP contribution >= 0.6 is 0 Å². The van der Waals surface area contributed by atoms with Crippen LogP contribution in [0.1, 0.15) is 52.1 Å². The van der Waals surface area contributed by atoms with Crippen LogP contribution in [0.2, 0.25) is 0 Å². The predicted molar refractivity (Wildman–Crippen MR) is 79.0 cm³/mol. The Morgan fingerprint density at radius 3 is 2.63 bits per heavy atom. The van der Waals surface area contributed by atoms with Gasteiger partial charge in [-0.2, -0.15) is 0 Å². The maximum Gasteiger partial charge on any atom is 0.240 e. The fourth-order valence-electron chi connectivity index (χ4n) is 2.10. The third kappa shape index (κ3) is 5.07. The standard InChI is InChI=1S/C15H27N3O/c1-5-12(4)17-15(19)11-18-9-8-13(10-18)14(6-2)16-7-3/h8-10,12,14,16H,5-7,11H2,1-4H3,(H,17,19). The SMILES string of the molecule is CCNC(CC)c1ccn(CC(=O)NC(C)CC)c1. The molecule has 1 amide bonds. The van der Waals surface area contributed by atoms with Gasteiger partial charge < -0.3 is 15.2 Å². The molecule has 108 valence electrons. The normalized spacial score (nSPS) is 14.1. The maximum absolute atomic E-state index is 11.8. The molecule has 0 aliphatic heterocycles. The summed E-state index contributed by atoms with van der Waals surface area (Å²) in [6.45, 7) is 9.73. The topological polar surface area (TPSA) is 46.1 Å². The molecule has 0 aliphatic carbocycles. The Morgan fingerprint density at radius 2 is 2.05 bits per heavy atom. The first kappa shape index (κ1) is 15.8. The van der Waals surface area contributed by atoms with Crippen LogP contribution in [0.5, 0.6) is 0 Å². The zero-order chi connectivity index (χ0) is 14.3. The monoisotopic (exact) mass is 265 g/mol. The summed E-state index contributed by atoms with van der Waals surface area (Å²) in [5.41, 5.74) is 1.25. The highest BCUT2D eigenvalue weighted by Crippen LogP contribution is 2.16. The predicted octanol–water partition coefficient (Wildman–Crippen LogP) is 2.46. The fourth-order valence-corrected chi connectivity index (χ4v) is 2.10. The Morgan fingerprint density at radius 1 is 1.32 bits per heavy atom. The Bertz CT molecular complexity index is 386. The van der Waals surface area contributed by atoms with E-state index in [9.17, 15) is 4.79 Å². The van der Waals surface area contributed by atoms with Crippen LogP contribution in [0.25, 0.3) is 0 Å². The molecule has 0 fully saturated rings. The molecule has 1 rings (SSSR count). The third-order valence-electron chi connectivity index (χ3n) is 3.38. The minimum atomic E-state index is 0.0769. The van der Waals surface area contributed by atoms with E-state index in [0.29, 0.717) is 12.6 Å². The summed E-state index contributed by atoms with van der Waals surface area (Å²) in [7, 11) is 0. The maximum atomic E-state index is 11.8. The second-order valence-corrected chi connectivity index (χ2v) is 5.01. The lowest BCUT2D eigenvalue weighted by atomic mass is 10.1. The van der Waals surface area contributed by atoms with Gasteiger partial charge in [0, 0.05) is 24.5 Å². The Hall–Kier alpha value is -1.29. The molecule has 0 spiro atoms. The van der Waals surface area contributed by atoms with Crippen molar-refractivity contribution in [3.05, 3.63) is 24.0 Å². The molecule has 19 heavy (non-hydrogen) atoms. The van der Waals surface area contributed by atoms with Crippen molar-refractivity contribution in [2.45, 2.75) is 59.2 Å². The highest BCUT2D eigenvalue weighted by atomic mass is 16.2. The van der Waals surface area contributed by atoms with Crippen molar-refractivity contribution in [1.82, 2.24) is 15.2 Å². The first-order chi connectivity index (χ1) is 9.10. The Balaban J connectivity index is 2.56. The molecule has 1 aromatic heterocycles. The van der Waals surface area contributed by atoms with Gasteiger partial charge in [0.2, 0.25) is 5.91 Å². The van der Waals surface area contributed by atoms with E-state index in [1.807, 2.05) is 17.7 Å². The van der Waals surface area contributed by atoms with Gasteiger partial charge in [0.15, 0.2) is 0 Å². The molecule has 4 heteroatoms. The zero-order valence-electron chi connectivity index (χ0n) is 12.6. The first-order valence-corrected chi connectivity index (χ1v) is 7.29. The van der Waals surface area contributed by atoms with Gasteiger partial charge >= 0.3 is 0 Å². The van der Waals surface area contributed by atoms with Crippen LogP contribution < -0.4 is 10.6 Å². The number of carbonyl (C=O) groups is 1. The van der Waals surface area contributed by atoms with Crippen molar-refractivity contribution in [3.63, 3.8) is 0 Å². The molecular formula is C15H27N3O. The molecule has 0 saturated carbocycles. The summed E-state index contributed by atoms with van der Waals surface area (Å²) in [6.07, 6.45) is 6.05. The second-order valence-electron chi connectivity index (χ2n) is 5.01.